The van der Waals surface area contributed by atoms with Crippen molar-refractivity contribution in [1.29, 1.82) is 0 Å². The number of benzene rings is 1. The number of nitrogens with zero attached hydrogens (tertiary/aromatic N) is 1. The van der Waals surface area contributed by atoms with Crippen LogP contribution in [0.1, 0.15) is 25.3 Å². The maximum Gasteiger partial charge on any atom is 0.138 e. The third kappa shape index (κ3) is 3.08. The first-order valence-electron chi connectivity index (χ1n) is 6.19. The summed E-state index contributed by atoms with van der Waals surface area (Å²) < 4.78 is 0. The molecule has 1 aliphatic heterocycles. The molecule has 1 aromatic carbocycles. The Kier molecular flexibility index (Phi) is 4.19. The zero-order valence-electron chi connectivity index (χ0n) is 10.2. The van der Waals surface area contributed by atoms with Gasteiger partial charge in [0.15, 0.2) is 0 Å². The Morgan fingerprint density at radius 3 is 2.88 bits per heavy atom. The molecule has 2 rings (SSSR count). The quantitative estimate of drug-likeness (QED) is 0.823. The van der Waals surface area contributed by atoms with Crippen molar-refractivity contribution in [3.05, 3.63) is 34.9 Å². The van der Waals surface area contributed by atoms with Gasteiger partial charge >= 0.3 is 0 Å². The van der Waals surface area contributed by atoms with E-state index in [1.165, 1.54) is 0 Å². The molecule has 0 spiro atoms. The molecular formula is C14H18ClNO. The van der Waals surface area contributed by atoms with Crippen LogP contribution in [0.25, 0.3) is 0 Å². The molecular weight excluding hydrogens is 234 g/mol. The molecule has 17 heavy (non-hydrogen) atoms. The van der Waals surface area contributed by atoms with Gasteiger partial charge in [0.2, 0.25) is 0 Å². The van der Waals surface area contributed by atoms with Crippen LogP contribution in [0.15, 0.2) is 24.3 Å². The molecule has 0 bridgehead atoms. The number of piperidine rings is 1. The van der Waals surface area contributed by atoms with Crippen molar-refractivity contribution in [1.82, 2.24) is 4.90 Å². The average molecular weight is 252 g/mol. The number of rotatable bonds is 3. The molecule has 1 aromatic rings. The van der Waals surface area contributed by atoms with Gasteiger partial charge in [0.05, 0.1) is 0 Å². The number of halogens is 1. The maximum absolute atomic E-state index is 11.6. The summed E-state index contributed by atoms with van der Waals surface area (Å²) in [5, 5.41) is 0.817. The van der Waals surface area contributed by atoms with Gasteiger partial charge in [-0.1, -0.05) is 36.7 Å². The monoisotopic (exact) mass is 251 g/mol. The first kappa shape index (κ1) is 12.6. The molecule has 3 heteroatoms. The van der Waals surface area contributed by atoms with Gasteiger partial charge in [-0.15, -0.1) is 0 Å². The van der Waals surface area contributed by atoms with E-state index in [1.807, 2.05) is 18.2 Å². The second-order valence-corrected chi connectivity index (χ2v) is 5.06. The molecule has 1 aliphatic rings. The Labute approximate surface area is 108 Å². The van der Waals surface area contributed by atoms with E-state index in [9.17, 15) is 4.79 Å². The summed E-state index contributed by atoms with van der Waals surface area (Å²) in [7, 11) is 0. The molecule has 1 unspecified atom stereocenters. The summed E-state index contributed by atoms with van der Waals surface area (Å²) >= 11 is 6.15. The van der Waals surface area contributed by atoms with Crippen LogP contribution in [0, 0.1) is 5.92 Å². The van der Waals surface area contributed by atoms with Crippen LogP contribution >= 0.6 is 11.6 Å². The number of likely N-dealkylation sites (tertiary alicyclic amines) is 1. The predicted molar refractivity (Wildman–Crippen MR) is 70.1 cm³/mol. The van der Waals surface area contributed by atoms with Gasteiger partial charge in [-0.2, -0.15) is 0 Å². The van der Waals surface area contributed by atoms with Crippen LogP contribution in [-0.2, 0) is 11.3 Å². The lowest BCUT2D eigenvalue weighted by Crippen LogP contribution is -2.40. The molecule has 2 nitrogen and oxygen atoms in total. The molecule has 1 heterocycles. The highest BCUT2D eigenvalue weighted by molar-refractivity contribution is 6.31. The highest BCUT2D eigenvalue weighted by atomic mass is 35.5. The van der Waals surface area contributed by atoms with Gasteiger partial charge in [-0.3, -0.25) is 9.69 Å². The van der Waals surface area contributed by atoms with Gasteiger partial charge in [0.25, 0.3) is 0 Å². The second kappa shape index (κ2) is 5.65. The normalized spacial score (nSPS) is 21.8. The van der Waals surface area contributed by atoms with Crippen LogP contribution in [0.3, 0.4) is 0 Å². The van der Waals surface area contributed by atoms with Crippen molar-refractivity contribution in [3.8, 4) is 0 Å². The number of Topliss-reactive ketones (excluding diaryl/α,β-unsaturated/α-hetero) is 1. The van der Waals surface area contributed by atoms with Crippen molar-refractivity contribution in [2.24, 2.45) is 5.92 Å². The lowest BCUT2D eigenvalue weighted by atomic mass is 9.94. The first-order valence-corrected chi connectivity index (χ1v) is 6.57. The van der Waals surface area contributed by atoms with Crippen LogP contribution < -0.4 is 0 Å². The summed E-state index contributed by atoms with van der Waals surface area (Å²) in [6.07, 6.45) is 1.63. The molecule has 0 N–H and O–H groups in total. The molecule has 0 radical (unpaired) electrons. The molecule has 1 fully saturated rings. The van der Waals surface area contributed by atoms with Gasteiger partial charge in [0, 0.05) is 37.0 Å². The molecule has 92 valence electrons. The minimum atomic E-state index is 0.214. The fourth-order valence-electron chi connectivity index (χ4n) is 2.35. The van der Waals surface area contributed by atoms with Crippen LogP contribution in [-0.4, -0.2) is 23.8 Å². The summed E-state index contributed by atoms with van der Waals surface area (Å²) in [4.78, 5) is 14.0. The molecule has 0 saturated carbocycles. The number of carbonyl (C=O) groups is 1. The van der Waals surface area contributed by atoms with Crippen molar-refractivity contribution < 1.29 is 4.79 Å². The van der Waals surface area contributed by atoms with E-state index >= 15 is 0 Å². The fraction of sp³-hybridized carbons (Fsp3) is 0.500. The Morgan fingerprint density at radius 1 is 1.41 bits per heavy atom. The summed E-state index contributed by atoms with van der Waals surface area (Å²) in [5.41, 5.74) is 1.15. The number of hydrogen-bond donors (Lipinski definition) is 0. The Hall–Kier alpha value is -0.860. The van der Waals surface area contributed by atoms with E-state index < -0.39 is 0 Å². The van der Waals surface area contributed by atoms with Crippen molar-refractivity contribution in [3.63, 3.8) is 0 Å². The number of hydrogen-bond acceptors (Lipinski definition) is 2. The average Bonchev–Trinajstić information content (AvgIpc) is 2.34. The van der Waals surface area contributed by atoms with E-state index in [0.717, 1.165) is 36.6 Å². The molecule has 0 aromatic heterocycles. The van der Waals surface area contributed by atoms with Crippen LogP contribution in [0.5, 0.6) is 0 Å². The largest absolute Gasteiger partial charge is 0.299 e. The fourth-order valence-corrected chi connectivity index (χ4v) is 2.54. The third-order valence-electron chi connectivity index (χ3n) is 3.45. The minimum absolute atomic E-state index is 0.214. The highest BCUT2D eigenvalue weighted by Gasteiger charge is 2.25. The second-order valence-electron chi connectivity index (χ2n) is 4.65. The Balaban J connectivity index is 2.01. The molecule has 1 saturated heterocycles. The van der Waals surface area contributed by atoms with Gasteiger partial charge in [0.1, 0.15) is 5.78 Å². The molecule has 1 atom stereocenters. The zero-order valence-corrected chi connectivity index (χ0v) is 10.9. The third-order valence-corrected chi connectivity index (χ3v) is 3.82. The highest BCUT2D eigenvalue weighted by Crippen LogP contribution is 2.21. The summed E-state index contributed by atoms with van der Waals surface area (Å²) in [6.45, 7) is 4.67. The van der Waals surface area contributed by atoms with Gasteiger partial charge in [-0.25, -0.2) is 0 Å². The van der Waals surface area contributed by atoms with Gasteiger partial charge in [-0.05, 0) is 18.1 Å². The Morgan fingerprint density at radius 2 is 2.18 bits per heavy atom. The smallest absolute Gasteiger partial charge is 0.138 e. The lowest BCUT2D eigenvalue weighted by molar-refractivity contribution is -0.126. The van der Waals surface area contributed by atoms with E-state index in [2.05, 4.69) is 17.9 Å². The van der Waals surface area contributed by atoms with E-state index in [0.29, 0.717) is 12.2 Å². The number of ketones is 1. The summed E-state index contributed by atoms with van der Waals surface area (Å²) in [5.74, 6) is 0.633. The summed E-state index contributed by atoms with van der Waals surface area (Å²) in [6, 6.07) is 7.93. The van der Waals surface area contributed by atoms with Crippen LogP contribution in [0.4, 0.5) is 0 Å². The van der Waals surface area contributed by atoms with E-state index in [-0.39, 0.29) is 5.92 Å². The SMILES string of the molecule is CCC1CN(Cc2ccccc2Cl)CCC1=O. The number of carbonyl (C=O) groups excluding carboxylic acids is 1. The first-order chi connectivity index (χ1) is 8.20. The minimum Gasteiger partial charge on any atom is -0.299 e. The van der Waals surface area contributed by atoms with E-state index in [1.54, 1.807) is 0 Å². The standard InChI is InChI=1S/C14H18ClNO/c1-2-11-9-16(8-7-14(11)17)10-12-5-3-4-6-13(12)15/h3-6,11H,2,7-10H2,1H3. The van der Waals surface area contributed by atoms with Gasteiger partial charge < -0.3 is 0 Å². The van der Waals surface area contributed by atoms with Crippen molar-refractivity contribution in [2.45, 2.75) is 26.3 Å². The predicted octanol–water partition coefficient (Wildman–Crippen LogP) is 3.14. The molecule has 0 aliphatic carbocycles. The molecule has 0 amide bonds. The maximum atomic E-state index is 11.6. The van der Waals surface area contributed by atoms with Crippen molar-refractivity contribution >= 4 is 17.4 Å². The van der Waals surface area contributed by atoms with E-state index in [4.69, 9.17) is 11.6 Å². The van der Waals surface area contributed by atoms with Crippen molar-refractivity contribution in [2.75, 3.05) is 13.1 Å². The topological polar surface area (TPSA) is 20.3 Å². The lowest BCUT2D eigenvalue weighted by Gasteiger charge is -2.31. The Bertz CT molecular complexity index is 405. The van der Waals surface area contributed by atoms with Crippen LogP contribution in [0.2, 0.25) is 5.02 Å². The zero-order chi connectivity index (χ0) is 12.3.